The predicted octanol–water partition coefficient (Wildman–Crippen LogP) is 2.31. The number of carbonyl (C=O) groups is 2. The summed E-state index contributed by atoms with van der Waals surface area (Å²) >= 11 is 0. The smallest absolute Gasteiger partial charge is 0.257 e. The van der Waals surface area contributed by atoms with Gasteiger partial charge in [-0.05, 0) is 25.3 Å². The van der Waals surface area contributed by atoms with Crippen molar-refractivity contribution in [2.75, 3.05) is 18.5 Å². The van der Waals surface area contributed by atoms with Gasteiger partial charge in [0, 0.05) is 44.5 Å². The van der Waals surface area contributed by atoms with Gasteiger partial charge in [-0.1, -0.05) is 30.3 Å². The summed E-state index contributed by atoms with van der Waals surface area (Å²) in [5.41, 5.74) is 3.56. The molecule has 1 aliphatic heterocycles. The van der Waals surface area contributed by atoms with Crippen molar-refractivity contribution < 1.29 is 9.59 Å². The van der Waals surface area contributed by atoms with E-state index in [1.165, 1.54) is 5.56 Å². The number of aromatic nitrogens is 4. The van der Waals surface area contributed by atoms with E-state index < -0.39 is 0 Å². The van der Waals surface area contributed by atoms with E-state index >= 15 is 0 Å². The normalized spacial score (nSPS) is 13.3. The van der Waals surface area contributed by atoms with Crippen molar-refractivity contribution in [2.24, 2.45) is 7.05 Å². The fraction of sp³-hybridized carbons (Fsp3) is 0.348. The van der Waals surface area contributed by atoms with Gasteiger partial charge in [0.05, 0.1) is 18.3 Å². The maximum absolute atomic E-state index is 12.7. The third kappa shape index (κ3) is 4.47. The Labute approximate surface area is 181 Å². The van der Waals surface area contributed by atoms with E-state index in [0.717, 1.165) is 17.7 Å². The summed E-state index contributed by atoms with van der Waals surface area (Å²) in [4.78, 5) is 38.1. The Bertz CT molecular complexity index is 1110. The number of benzene rings is 1. The Kier molecular flexibility index (Phi) is 5.79. The summed E-state index contributed by atoms with van der Waals surface area (Å²) in [6.07, 6.45) is 5.09. The average Bonchev–Trinajstić information content (AvgIpc) is 3.19. The fourth-order valence-electron chi connectivity index (χ4n) is 3.86. The number of rotatable bonds is 6. The first-order chi connectivity index (χ1) is 14.9. The lowest BCUT2D eigenvalue weighted by Gasteiger charge is -2.30. The molecule has 8 heteroatoms. The monoisotopic (exact) mass is 418 g/mol. The van der Waals surface area contributed by atoms with Gasteiger partial charge in [-0.15, -0.1) is 0 Å². The zero-order valence-corrected chi connectivity index (χ0v) is 18.1. The van der Waals surface area contributed by atoms with Crippen LogP contribution in [0.5, 0.6) is 0 Å². The Morgan fingerprint density at radius 1 is 1.16 bits per heavy atom. The van der Waals surface area contributed by atoms with Crippen molar-refractivity contribution in [3.05, 3.63) is 70.9 Å². The second-order valence-electron chi connectivity index (χ2n) is 7.87. The van der Waals surface area contributed by atoms with E-state index in [1.807, 2.05) is 25.1 Å². The molecule has 0 aliphatic carbocycles. The molecule has 160 valence electrons. The minimum atomic E-state index is -0.149. The van der Waals surface area contributed by atoms with E-state index in [4.69, 9.17) is 4.98 Å². The third-order valence-electron chi connectivity index (χ3n) is 5.53. The number of aryl methyl sites for hydroxylation is 2. The number of hydrogen-bond donors (Lipinski definition) is 0. The molecule has 0 fully saturated rings. The summed E-state index contributed by atoms with van der Waals surface area (Å²) in [5.74, 6) is 1.13. The maximum atomic E-state index is 12.7. The van der Waals surface area contributed by atoms with Crippen LogP contribution in [0.15, 0.2) is 42.7 Å². The van der Waals surface area contributed by atoms with Gasteiger partial charge in [0.25, 0.3) is 5.91 Å². The highest BCUT2D eigenvalue weighted by Crippen LogP contribution is 2.28. The molecule has 3 heterocycles. The van der Waals surface area contributed by atoms with Crippen molar-refractivity contribution in [2.45, 2.75) is 32.7 Å². The number of carbonyl (C=O) groups excluding carboxylic acids is 2. The summed E-state index contributed by atoms with van der Waals surface area (Å²) in [7, 11) is 3.49. The Morgan fingerprint density at radius 3 is 2.65 bits per heavy atom. The van der Waals surface area contributed by atoms with E-state index in [2.05, 4.69) is 22.2 Å². The number of nitrogens with zero attached hydrogens (tertiary/aromatic N) is 6. The van der Waals surface area contributed by atoms with Gasteiger partial charge in [0.1, 0.15) is 11.6 Å². The molecule has 0 spiro atoms. The minimum Gasteiger partial charge on any atom is -0.334 e. The molecular formula is C23H26N6O2. The van der Waals surface area contributed by atoms with E-state index in [1.54, 1.807) is 41.0 Å². The van der Waals surface area contributed by atoms with Crippen LogP contribution >= 0.6 is 0 Å². The first-order valence-corrected chi connectivity index (χ1v) is 10.4. The van der Waals surface area contributed by atoms with Crippen LogP contribution in [0.25, 0.3) is 0 Å². The molecule has 1 aromatic carbocycles. The van der Waals surface area contributed by atoms with Crippen LogP contribution in [0.2, 0.25) is 0 Å². The maximum Gasteiger partial charge on any atom is 0.257 e. The molecule has 0 atom stereocenters. The summed E-state index contributed by atoms with van der Waals surface area (Å²) < 4.78 is 1.59. The predicted molar refractivity (Wildman–Crippen MR) is 117 cm³/mol. The summed E-state index contributed by atoms with van der Waals surface area (Å²) in [5, 5.41) is 4.06. The minimum absolute atomic E-state index is 0.0762. The molecule has 1 aliphatic rings. The van der Waals surface area contributed by atoms with E-state index in [9.17, 15) is 9.59 Å². The SMILES string of the molecule is Cc1nc(CN(C)C(=O)c2cnn(C)c2)nc2c1CCC(=O)N2CCc1ccccc1. The lowest BCUT2D eigenvalue weighted by molar-refractivity contribution is -0.118. The molecule has 8 nitrogen and oxygen atoms in total. The molecule has 3 aromatic rings. The highest BCUT2D eigenvalue weighted by molar-refractivity contribution is 5.95. The van der Waals surface area contributed by atoms with Crippen molar-refractivity contribution in [1.29, 1.82) is 0 Å². The largest absolute Gasteiger partial charge is 0.334 e. The highest BCUT2D eigenvalue weighted by Gasteiger charge is 2.28. The Balaban J connectivity index is 1.56. The zero-order valence-electron chi connectivity index (χ0n) is 18.1. The van der Waals surface area contributed by atoms with Crippen LogP contribution in [0.4, 0.5) is 5.82 Å². The molecule has 2 aromatic heterocycles. The molecule has 2 amide bonds. The fourth-order valence-corrected chi connectivity index (χ4v) is 3.86. The van der Waals surface area contributed by atoms with Crippen molar-refractivity contribution in [1.82, 2.24) is 24.6 Å². The second kappa shape index (κ2) is 8.67. The van der Waals surface area contributed by atoms with Crippen molar-refractivity contribution in [3.8, 4) is 0 Å². The molecule has 0 unspecified atom stereocenters. The molecule has 31 heavy (non-hydrogen) atoms. The lowest BCUT2D eigenvalue weighted by atomic mass is 10.0. The summed E-state index contributed by atoms with van der Waals surface area (Å²) in [6.45, 7) is 2.76. The second-order valence-corrected chi connectivity index (χ2v) is 7.87. The van der Waals surface area contributed by atoms with Crippen LogP contribution < -0.4 is 4.90 Å². The first kappa shape index (κ1) is 20.7. The molecule has 4 rings (SSSR count). The number of anilines is 1. The molecule has 0 saturated heterocycles. The topological polar surface area (TPSA) is 84.2 Å². The van der Waals surface area contributed by atoms with E-state index in [0.29, 0.717) is 36.6 Å². The third-order valence-corrected chi connectivity index (χ3v) is 5.53. The number of hydrogen-bond acceptors (Lipinski definition) is 5. The lowest BCUT2D eigenvalue weighted by Crippen LogP contribution is -2.38. The van der Waals surface area contributed by atoms with E-state index in [-0.39, 0.29) is 18.4 Å². The van der Waals surface area contributed by atoms with Crippen LogP contribution in [-0.4, -0.2) is 50.1 Å². The van der Waals surface area contributed by atoms with Gasteiger partial charge in [-0.3, -0.25) is 19.2 Å². The van der Waals surface area contributed by atoms with Gasteiger partial charge in [0.15, 0.2) is 0 Å². The van der Waals surface area contributed by atoms with Crippen LogP contribution in [0.1, 0.15) is 39.4 Å². The Hall–Kier alpha value is -3.55. The number of amides is 2. The Morgan fingerprint density at radius 2 is 1.94 bits per heavy atom. The standard InChI is InChI=1S/C23H26N6O2/c1-16-19-9-10-21(30)29(12-11-17-7-5-4-6-8-17)22(19)26-20(25-16)15-27(2)23(31)18-13-24-28(3)14-18/h4-8,13-14H,9-12,15H2,1-3H3. The van der Waals surface area contributed by atoms with Crippen molar-refractivity contribution in [3.63, 3.8) is 0 Å². The molecule has 0 saturated carbocycles. The quantitative estimate of drug-likeness (QED) is 0.613. The van der Waals surface area contributed by atoms with Crippen molar-refractivity contribution >= 4 is 17.6 Å². The first-order valence-electron chi connectivity index (χ1n) is 10.4. The van der Waals surface area contributed by atoms with Gasteiger partial charge in [-0.25, -0.2) is 9.97 Å². The van der Waals surface area contributed by atoms with Gasteiger partial charge in [0.2, 0.25) is 5.91 Å². The molecule has 0 bridgehead atoms. The van der Waals surface area contributed by atoms with Gasteiger partial charge < -0.3 is 4.90 Å². The average molecular weight is 419 g/mol. The van der Waals surface area contributed by atoms with Gasteiger partial charge in [-0.2, -0.15) is 5.10 Å². The van der Waals surface area contributed by atoms with Crippen LogP contribution in [-0.2, 0) is 31.2 Å². The molecule has 0 radical (unpaired) electrons. The summed E-state index contributed by atoms with van der Waals surface area (Å²) in [6, 6.07) is 10.1. The van der Waals surface area contributed by atoms with Crippen LogP contribution in [0.3, 0.4) is 0 Å². The molecular weight excluding hydrogens is 392 g/mol. The number of fused-ring (bicyclic) bond motifs is 1. The zero-order chi connectivity index (χ0) is 22.0. The van der Waals surface area contributed by atoms with Gasteiger partial charge >= 0.3 is 0 Å². The van der Waals surface area contributed by atoms with Crippen LogP contribution in [0, 0.1) is 6.92 Å². The highest BCUT2D eigenvalue weighted by atomic mass is 16.2. The molecule has 0 N–H and O–H groups in total.